The Hall–Kier alpha value is -2.48. The Bertz CT molecular complexity index is 675. The lowest BCUT2D eigenvalue weighted by Crippen LogP contribution is -2.31. The van der Waals surface area contributed by atoms with Crippen LogP contribution in [0.5, 0.6) is 0 Å². The third-order valence-electron chi connectivity index (χ3n) is 3.21. The fourth-order valence-corrected chi connectivity index (χ4v) is 1.96. The number of benzene rings is 1. The van der Waals surface area contributed by atoms with Crippen LogP contribution < -0.4 is 10.6 Å². The molecule has 0 unspecified atom stereocenters. The zero-order valence-corrected chi connectivity index (χ0v) is 12.8. The number of carbonyl (C=O) groups is 1. The molecule has 2 amide bonds. The molecule has 0 saturated carbocycles. The van der Waals surface area contributed by atoms with E-state index in [0.29, 0.717) is 24.4 Å². The van der Waals surface area contributed by atoms with E-state index in [1.807, 2.05) is 0 Å². The van der Waals surface area contributed by atoms with Crippen molar-refractivity contribution in [3.8, 4) is 0 Å². The van der Waals surface area contributed by atoms with Gasteiger partial charge in [0.25, 0.3) is 0 Å². The molecule has 0 bridgehead atoms. The third kappa shape index (κ3) is 4.75. The molecule has 1 atom stereocenters. The molecule has 0 saturated heterocycles. The Morgan fingerprint density at radius 2 is 2.17 bits per heavy atom. The van der Waals surface area contributed by atoms with Gasteiger partial charge in [-0.3, -0.25) is 4.68 Å². The van der Waals surface area contributed by atoms with Crippen molar-refractivity contribution in [3.05, 3.63) is 47.8 Å². The normalized spacial score (nSPS) is 12.0. The SMILES string of the molecule is COCCn1cc(NC(=O)N[C@@H](C)c2ccc(F)c(F)c2)cn1. The molecular weight excluding hydrogens is 306 g/mol. The number of rotatable bonds is 6. The van der Waals surface area contributed by atoms with Gasteiger partial charge in [-0.05, 0) is 24.6 Å². The fourth-order valence-electron chi connectivity index (χ4n) is 1.96. The molecule has 0 aliphatic carbocycles. The molecule has 8 heteroatoms. The number of amides is 2. The zero-order chi connectivity index (χ0) is 16.8. The number of hydrogen-bond donors (Lipinski definition) is 2. The number of ether oxygens (including phenoxy) is 1. The van der Waals surface area contributed by atoms with Crippen LogP contribution in [-0.2, 0) is 11.3 Å². The number of hydrogen-bond acceptors (Lipinski definition) is 3. The minimum Gasteiger partial charge on any atom is -0.383 e. The number of nitrogens with zero attached hydrogens (tertiary/aromatic N) is 2. The maximum Gasteiger partial charge on any atom is 0.319 e. The number of nitrogens with one attached hydrogen (secondary N) is 2. The van der Waals surface area contributed by atoms with Crippen LogP contribution in [-0.4, -0.2) is 29.5 Å². The number of methoxy groups -OCH3 is 1. The first-order valence-electron chi connectivity index (χ1n) is 7.03. The highest BCUT2D eigenvalue weighted by atomic mass is 19.2. The summed E-state index contributed by atoms with van der Waals surface area (Å²) in [5.74, 6) is -1.87. The van der Waals surface area contributed by atoms with Gasteiger partial charge in [-0.25, -0.2) is 13.6 Å². The lowest BCUT2D eigenvalue weighted by molar-refractivity contribution is 0.183. The maximum atomic E-state index is 13.2. The van der Waals surface area contributed by atoms with Crippen molar-refractivity contribution in [3.63, 3.8) is 0 Å². The Morgan fingerprint density at radius 1 is 1.39 bits per heavy atom. The molecule has 0 fully saturated rings. The van der Waals surface area contributed by atoms with Crippen molar-refractivity contribution in [1.29, 1.82) is 0 Å². The Kier molecular flexibility index (Phi) is 5.64. The molecule has 2 aromatic rings. The summed E-state index contributed by atoms with van der Waals surface area (Å²) >= 11 is 0. The largest absolute Gasteiger partial charge is 0.383 e. The molecule has 1 heterocycles. The molecule has 2 N–H and O–H groups in total. The molecule has 0 aliphatic rings. The zero-order valence-electron chi connectivity index (χ0n) is 12.8. The Morgan fingerprint density at radius 3 is 2.87 bits per heavy atom. The van der Waals surface area contributed by atoms with Crippen LogP contribution in [0.25, 0.3) is 0 Å². The van der Waals surface area contributed by atoms with E-state index < -0.39 is 23.7 Å². The van der Waals surface area contributed by atoms with Gasteiger partial charge in [0.05, 0.1) is 31.1 Å². The summed E-state index contributed by atoms with van der Waals surface area (Å²) in [5, 5.41) is 9.33. The van der Waals surface area contributed by atoms with Crippen LogP contribution in [0.3, 0.4) is 0 Å². The minimum atomic E-state index is -0.948. The van der Waals surface area contributed by atoms with E-state index in [1.54, 1.807) is 24.9 Å². The summed E-state index contributed by atoms with van der Waals surface area (Å²) in [6.45, 7) is 2.76. The summed E-state index contributed by atoms with van der Waals surface area (Å²) < 4.78 is 32.7. The summed E-state index contributed by atoms with van der Waals surface area (Å²) in [6.07, 6.45) is 3.18. The van der Waals surface area contributed by atoms with Crippen molar-refractivity contribution < 1.29 is 18.3 Å². The van der Waals surface area contributed by atoms with Gasteiger partial charge in [0.2, 0.25) is 0 Å². The minimum absolute atomic E-state index is 0.464. The van der Waals surface area contributed by atoms with E-state index in [-0.39, 0.29) is 0 Å². The number of aromatic nitrogens is 2. The molecular formula is C15H18F2N4O2. The topological polar surface area (TPSA) is 68.2 Å². The lowest BCUT2D eigenvalue weighted by Gasteiger charge is -2.14. The van der Waals surface area contributed by atoms with Crippen molar-refractivity contribution in [2.24, 2.45) is 0 Å². The fraction of sp³-hybridized carbons (Fsp3) is 0.333. The predicted molar refractivity (Wildman–Crippen MR) is 81.0 cm³/mol. The number of carbonyl (C=O) groups excluding carboxylic acids is 1. The highest BCUT2D eigenvalue weighted by molar-refractivity contribution is 5.89. The summed E-state index contributed by atoms with van der Waals surface area (Å²) in [6, 6.07) is 2.57. The van der Waals surface area contributed by atoms with Crippen molar-refractivity contribution >= 4 is 11.7 Å². The van der Waals surface area contributed by atoms with E-state index in [0.717, 1.165) is 12.1 Å². The molecule has 23 heavy (non-hydrogen) atoms. The quantitative estimate of drug-likeness (QED) is 0.858. The average molecular weight is 324 g/mol. The van der Waals surface area contributed by atoms with Gasteiger partial charge in [-0.2, -0.15) is 5.10 Å². The van der Waals surface area contributed by atoms with Gasteiger partial charge in [-0.1, -0.05) is 6.07 Å². The van der Waals surface area contributed by atoms with Gasteiger partial charge in [-0.15, -0.1) is 0 Å². The first-order chi connectivity index (χ1) is 11.0. The van der Waals surface area contributed by atoms with Crippen LogP contribution in [0.1, 0.15) is 18.5 Å². The van der Waals surface area contributed by atoms with Crippen LogP contribution in [0.15, 0.2) is 30.6 Å². The van der Waals surface area contributed by atoms with Crippen LogP contribution >= 0.6 is 0 Å². The summed E-state index contributed by atoms with van der Waals surface area (Å²) in [7, 11) is 1.59. The molecule has 0 spiro atoms. The van der Waals surface area contributed by atoms with Gasteiger partial charge < -0.3 is 15.4 Å². The summed E-state index contributed by atoms with van der Waals surface area (Å²) in [4.78, 5) is 11.9. The second-order valence-corrected chi connectivity index (χ2v) is 4.98. The molecule has 0 aliphatic heterocycles. The standard InChI is InChI=1S/C15H18F2N4O2/c1-10(11-3-4-13(16)14(17)7-11)19-15(22)20-12-8-18-21(9-12)5-6-23-2/h3-4,7-10H,5-6H2,1-2H3,(H2,19,20,22)/t10-/m0/s1. The lowest BCUT2D eigenvalue weighted by atomic mass is 10.1. The van der Waals surface area contributed by atoms with Gasteiger partial charge >= 0.3 is 6.03 Å². The first-order valence-corrected chi connectivity index (χ1v) is 7.03. The van der Waals surface area contributed by atoms with E-state index in [1.165, 1.54) is 12.3 Å². The number of anilines is 1. The van der Waals surface area contributed by atoms with Crippen molar-refractivity contribution in [2.45, 2.75) is 19.5 Å². The Labute approximate surface area is 132 Å². The third-order valence-corrected chi connectivity index (χ3v) is 3.21. The van der Waals surface area contributed by atoms with Gasteiger partial charge in [0.15, 0.2) is 11.6 Å². The monoisotopic (exact) mass is 324 g/mol. The second kappa shape index (κ2) is 7.68. The average Bonchev–Trinajstić information content (AvgIpc) is 2.95. The van der Waals surface area contributed by atoms with E-state index in [4.69, 9.17) is 4.74 Å². The Balaban J connectivity index is 1.90. The molecule has 6 nitrogen and oxygen atoms in total. The smallest absolute Gasteiger partial charge is 0.319 e. The summed E-state index contributed by atoms with van der Waals surface area (Å²) in [5.41, 5.74) is 0.992. The van der Waals surface area contributed by atoms with Gasteiger partial charge in [0.1, 0.15) is 0 Å². The predicted octanol–water partition coefficient (Wildman–Crippen LogP) is 2.69. The highest BCUT2D eigenvalue weighted by Gasteiger charge is 2.12. The number of halogens is 2. The van der Waals surface area contributed by atoms with E-state index >= 15 is 0 Å². The van der Waals surface area contributed by atoms with Crippen molar-refractivity contribution in [1.82, 2.24) is 15.1 Å². The van der Waals surface area contributed by atoms with Crippen LogP contribution in [0, 0.1) is 11.6 Å². The van der Waals surface area contributed by atoms with Crippen LogP contribution in [0.4, 0.5) is 19.3 Å². The maximum absolute atomic E-state index is 13.2. The molecule has 2 rings (SSSR count). The van der Waals surface area contributed by atoms with Gasteiger partial charge in [0, 0.05) is 13.3 Å². The molecule has 0 radical (unpaired) electrons. The van der Waals surface area contributed by atoms with E-state index in [2.05, 4.69) is 15.7 Å². The van der Waals surface area contributed by atoms with Crippen molar-refractivity contribution in [2.75, 3.05) is 19.0 Å². The second-order valence-electron chi connectivity index (χ2n) is 4.98. The van der Waals surface area contributed by atoms with Crippen LogP contribution in [0.2, 0.25) is 0 Å². The molecule has 1 aromatic heterocycles. The first kappa shape index (κ1) is 16.9. The molecule has 124 valence electrons. The van der Waals surface area contributed by atoms with E-state index in [9.17, 15) is 13.6 Å². The molecule has 1 aromatic carbocycles. The highest BCUT2D eigenvalue weighted by Crippen LogP contribution is 2.16. The number of urea groups is 1.